The topological polar surface area (TPSA) is 73.9 Å². The Bertz CT molecular complexity index is 763. The van der Waals surface area contributed by atoms with Crippen LogP contribution in [0, 0.1) is 0 Å². The Hall–Kier alpha value is -2.19. The molecule has 1 aliphatic rings. The SMILES string of the molecule is C[C@@H](OC(=O)CSCc1cccs1)C(=O)NCc1ccc2c(c1)OCO2. The van der Waals surface area contributed by atoms with Crippen molar-refractivity contribution in [3.63, 3.8) is 0 Å². The Labute approximate surface area is 159 Å². The predicted molar refractivity (Wildman–Crippen MR) is 100 cm³/mol. The summed E-state index contributed by atoms with van der Waals surface area (Å²) in [5.74, 6) is 1.62. The van der Waals surface area contributed by atoms with Crippen molar-refractivity contribution in [1.82, 2.24) is 5.32 Å². The van der Waals surface area contributed by atoms with Gasteiger partial charge in [0.05, 0.1) is 5.75 Å². The second kappa shape index (κ2) is 8.95. The van der Waals surface area contributed by atoms with Crippen molar-refractivity contribution < 1.29 is 23.8 Å². The summed E-state index contributed by atoms with van der Waals surface area (Å²) in [5.41, 5.74) is 0.882. The van der Waals surface area contributed by atoms with E-state index in [1.54, 1.807) is 24.3 Å². The second-order valence-electron chi connectivity index (χ2n) is 5.61. The van der Waals surface area contributed by atoms with E-state index in [4.69, 9.17) is 14.2 Å². The van der Waals surface area contributed by atoms with Crippen LogP contribution in [0.1, 0.15) is 17.4 Å². The molecular formula is C18H19NO5S2. The molecule has 1 aromatic carbocycles. The van der Waals surface area contributed by atoms with Gasteiger partial charge < -0.3 is 19.5 Å². The predicted octanol–water partition coefficient (Wildman–Crippen LogP) is 2.96. The Morgan fingerprint density at radius 2 is 2.15 bits per heavy atom. The number of amides is 1. The molecule has 1 amide bonds. The van der Waals surface area contributed by atoms with Crippen LogP contribution in [-0.2, 0) is 26.6 Å². The minimum Gasteiger partial charge on any atom is -0.454 e. The minimum atomic E-state index is -0.834. The summed E-state index contributed by atoms with van der Waals surface area (Å²) < 4.78 is 15.7. The van der Waals surface area contributed by atoms with Gasteiger partial charge in [0.1, 0.15) is 0 Å². The lowest BCUT2D eigenvalue weighted by atomic mass is 10.2. The molecule has 0 spiro atoms. The van der Waals surface area contributed by atoms with Gasteiger partial charge in [0.25, 0.3) is 5.91 Å². The van der Waals surface area contributed by atoms with E-state index in [-0.39, 0.29) is 18.5 Å². The number of hydrogen-bond acceptors (Lipinski definition) is 7. The fraction of sp³-hybridized carbons (Fsp3) is 0.333. The summed E-state index contributed by atoms with van der Waals surface area (Å²) in [5, 5.41) is 4.76. The highest BCUT2D eigenvalue weighted by Crippen LogP contribution is 2.32. The molecule has 1 N–H and O–H groups in total. The molecule has 8 heteroatoms. The number of nitrogens with one attached hydrogen (secondary N) is 1. The van der Waals surface area contributed by atoms with Crippen molar-refractivity contribution in [2.24, 2.45) is 0 Å². The van der Waals surface area contributed by atoms with Crippen LogP contribution in [0.25, 0.3) is 0 Å². The molecule has 0 radical (unpaired) electrons. The van der Waals surface area contributed by atoms with E-state index in [1.165, 1.54) is 16.6 Å². The summed E-state index contributed by atoms with van der Waals surface area (Å²) in [6.45, 7) is 2.10. The molecule has 0 unspecified atom stereocenters. The van der Waals surface area contributed by atoms with Crippen LogP contribution in [0.15, 0.2) is 35.7 Å². The van der Waals surface area contributed by atoms with Crippen molar-refractivity contribution >= 4 is 35.0 Å². The van der Waals surface area contributed by atoms with E-state index < -0.39 is 12.1 Å². The third-order valence-corrected chi connectivity index (χ3v) is 5.64. The van der Waals surface area contributed by atoms with Crippen molar-refractivity contribution in [1.29, 1.82) is 0 Å². The van der Waals surface area contributed by atoms with Gasteiger partial charge in [0.2, 0.25) is 6.79 Å². The Kier molecular flexibility index (Phi) is 6.40. The van der Waals surface area contributed by atoms with Gasteiger partial charge >= 0.3 is 5.97 Å². The molecule has 2 aromatic rings. The maximum atomic E-state index is 12.1. The number of thiophene rings is 1. The number of fused-ring (bicyclic) bond motifs is 1. The Balaban J connectivity index is 1.37. The molecule has 6 nitrogen and oxygen atoms in total. The third-order valence-electron chi connectivity index (χ3n) is 3.63. The summed E-state index contributed by atoms with van der Waals surface area (Å²) in [6.07, 6.45) is -0.834. The first kappa shape index (κ1) is 18.6. The van der Waals surface area contributed by atoms with Gasteiger partial charge in [-0.1, -0.05) is 12.1 Å². The monoisotopic (exact) mass is 393 g/mol. The van der Waals surface area contributed by atoms with Gasteiger partial charge in [-0.2, -0.15) is 0 Å². The molecule has 1 atom stereocenters. The average Bonchev–Trinajstić information content (AvgIpc) is 3.30. The number of hydrogen-bond donors (Lipinski definition) is 1. The molecule has 0 bridgehead atoms. The first-order valence-corrected chi connectivity index (χ1v) is 10.1. The molecule has 2 heterocycles. The van der Waals surface area contributed by atoms with E-state index >= 15 is 0 Å². The average molecular weight is 393 g/mol. The minimum absolute atomic E-state index is 0.211. The third kappa shape index (κ3) is 5.15. The number of carbonyl (C=O) groups excluding carboxylic acids is 2. The maximum Gasteiger partial charge on any atom is 0.316 e. The highest BCUT2D eigenvalue weighted by atomic mass is 32.2. The number of rotatable bonds is 8. The molecule has 26 heavy (non-hydrogen) atoms. The molecule has 3 rings (SSSR count). The number of carbonyl (C=O) groups is 2. The highest BCUT2D eigenvalue weighted by molar-refractivity contribution is 7.99. The molecule has 138 valence electrons. The molecule has 0 saturated heterocycles. The van der Waals surface area contributed by atoms with E-state index in [2.05, 4.69) is 5.32 Å². The number of esters is 1. The lowest BCUT2D eigenvalue weighted by molar-refractivity contribution is -0.152. The smallest absolute Gasteiger partial charge is 0.316 e. The van der Waals surface area contributed by atoms with Crippen molar-refractivity contribution in [3.8, 4) is 11.5 Å². The van der Waals surface area contributed by atoms with Gasteiger partial charge in [0, 0.05) is 17.2 Å². The normalized spacial score (nSPS) is 13.3. The largest absolute Gasteiger partial charge is 0.454 e. The molecule has 1 aliphatic heterocycles. The van der Waals surface area contributed by atoms with Gasteiger partial charge in [-0.3, -0.25) is 9.59 Å². The fourth-order valence-electron chi connectivity index (χ4n) is 2.30. The van der Waals surface area contributed by atoms with Crippen molar-refractivity contribution in [2.45, 2.75) is 25.3 Å². The lowest BCUT2D eigenvalue weighted by Crippen LogP contribution is -2.35. The number of thioether (sulfide) groups is 1. The van der Waals surface area contributed by atoms with Crippen LogP contribution in [0.2, 0.25) is 0 Å². The zero-order valence-corrected chi connectivity index (χ0v) is 15.9. The zero-order chi connectivity index (χ0) is 18.4. The number of ether oxygens (including phenoxy) is 3. The first-order valence-electron chi connectivity index (χ1n) is 8.07. The summed E-state index contributed by atoms with van der Waals surface area (Å²) in [7, 11) is 0. The van der Waals surface area contributed by atoms with Gasteiger partial charge in [-0.15, -0.1) is 23.1 Å². The maximum absolute atomic E-state index is 12.1. The van der Waals surface area contributed by atoms with E-state index in [0.29, 0.717) is 18.0 Å². The Morgan fingerprint density at radius 3 is 2.96 bits per heavy atom. The second-order valence-corrected chi connectivity index (χ2v) is 7.63. The quantitative estimate of drug-likeness (QED) is 0.695. The van der Waals surface area contributed by atoms with Crippen LogP contribution in [0.4, 0.5) is 0 Å². The van der Waals surface area contributed by atoms with E-state index in [9.17, 15) is 9.59 Å². The van der Waals surface area contributed by atoms with Gasteiger partial charge in [-0.25, -0.2) is 0 Å². The summed E-state index contributed by atoms with van der Waals surface area (Å²) >= 11 is 3.12. The highest BCUT2D eigenvalue weighted by Gasteiger charge is 2.18. The molecule has 1 aromatic heterocycles. The molecule has 0 aliphatic carbocycles. The Morgan fingerprint density at radius 1 is 1.31 bits per heavy atom. The van der Waals surface area contributed by atoms with Crippen LogP contribution in [-0.4, -0.2) is 30.5 Å². The van der Waals surface area contributed by atoms with Crippen LogP contribution >= 0.6 is 23.1 Å². The molecule has 0 saturated carbocycles. The van der Waals surface area contributed by atoms with Gasteiger partial charge in [0.15, 0.2) is 17.6 Å². The fourth-order valence-corrected chi connectivity index (χ4v) is 3.94. The first-order chi connectivity index (χ1) is 12.6. The van der Waals surface area contributed by atoms with E-state index in [1.807, 2.05) is 29.6 Å². The van der Waals surface area contributed by atoms with E-state index in [0.717, 1.165) is 11.3 Å². The van der Waals surface area contributed by atoms with Crippen LogP contribution < -0.4 is 14.8 Å². The number of benzene rings is 1. The van der Waals surface area contributed by atoms with Crippen molar-refractivity contribution in [2.75, 3.05) is 12.5 Å². The molecular weight excluding hydrogens is 374 g/mol. The lowest BCUT2D eigenvalue weighted by Gasteiger charge is -2.13. The summed E-state index contributed by atoms with van der Waals surface area (Å²) in [6, 6.07) is 9.48. The zero-order valence-electron chi connectivity index (χ0n) is 14.2. The van der Waals surface area contributed by atoms with Gasteiger partial charge in [-0.05, 0) is 36.1 Å². The van der Waals surface area contributed by atoms with Crippen molar-refractivity contribution in [3.05, 3.63) is 46.2 Å². The van der Waals surface area contributed by atoms with Crippen LogP contribution in [0.5, 0.6) is 11.5 Å². The standard InChI is InChI=1S/C18H19NO5S2/c1-12(24-17(20)10-25-9-14-3-2-6-26-14)18(21)19-8-13-4-5-15-16(7-13)23-11-22-15/h2-7,12H,8-11H2,1H3,(H,19,21)/t12-/m1/s1. The van der Waals surface area contributed by atoms with Crippen LogP contribution in [0.3, 0.4) is 0 Å². The molecule has 0 fully saturated rings. The summed E-state index contributed by atoms with van der Waals surface area (Å²) in [4.78, 5) is 25.1.